The number of carboxylic acid groups (broad SMARTS) is 1. The van der Waals surface area contributed by atoms with E-state index in [9.17, 15) is 4.79 Å². The molecule has 1 N–H and O–H groups in total. The Morgan fingerprint density at radius 1 is 1.50 bits per heavy atom. The third-order valence-electron chi connectivity index (χ3n) is 2.53. The first-order valence-corrected chi connectivity index (χ1v) is 5.63. The second kappa shape index (κ2) is 6.10. The van der Waals surface area contributed by atoms with Crippen molar-refractivity contribution in [1.82, 2.24) is 4.98 Å². The number of hydrogen-bond acceptors (Lipinski definition) is 3. The van der Waals surface area contributed by atoms with Crippen LogP contribution in [0.2, 0.25) is 0 Å². The normalized spacial score (nSPS) is 10.1. The highest BCUT2D eigenvalue weighted by Crippen LogP contribution is 2.19. The monoisotopic (exact) mass is 222 g/mol. The maximum atomic E-state index is 11.1. The number of anilines is 1. The van der Waals surface area contributed by atoms with Crippen LogP contribution in [0.5, 0.6) is 0 Å². The van der Waals surface area contributed by atoms with Gasteiger partial charge in [0.2, 0.25) is 0 Å². The van der Waals surface area contributed by atoms with E-state index < -0.39 is 5.97 Å². The maximum Gasteiger partial charge on any atom is 0.337 e. The lowest BCUT2D eigenvalue weighted by Gasteiger charge is -2.23. The molecule has 0 unspecified atom stereocenters. The van der Waals surface area contributed by atoms with E-state index in [1.165, 1.54) is 6.20 Å². The molecule has 0 aliphatic rings. The maximum absolute atomic E-state index is 11.1. The third-order valence-corrected chi connectivity index (χ3v) is 2.53. The van der Waals surface area contributed by atoms with Gasteiger partial charge in [0.1, 0.15) is 0 Å². The second-order valence-corrected chi connectivity index (χ2v) is 3.63. The Bertz CT molecular complexity index is 353. The SMILES string of the molecule is CCCCN(CC)c1cnccc1C(=O)O. The Morgan fingerprint density at radius 3 is 2.81 bits per heavy atom. The van der Waals surface area contributed by atoms with E-state index in [-0.39, 0.29) is 0 Å². The number of rotatable bonds is 6. The van der Waals surface area contributed by atoms with Gasteiger partial charge in [0, 0.05) is 19.3 Å². The first kappa shape index (κ1) is 12.5. The number of hydrogen-bond donors (Lipinski definition) is 1. The van der Waals surface area contributed by atoms with Crippen molar-refractivity contribution in [1.29, 1.82) is 0 Å². The molecule has 1 heterocycles. The Balaban J connectivity index is 2.94. The van der Waals surface area contributed by atoms with Crippen LogP contribution >= 0.6 is 0 Å². The second-order valence-electron chi connectivity index (χ2n) is 3.63. The number of aromatic carboxylic acids is 1. The molecule has 0 saturated carbocycles. The minimum atomic E-state index is -0.896. The van der Waals surface area contributed by atoms with Gasteiger partial charge in [0.15, 0.2) is 0 Å². The smallest absolute Gasteiger partial charge is 0.337 e. The van der Waals surface area contributed by atoms with E-state index in [2.05, 4.69) is 16.8 Å². The van der Waals surface area contributed by atoms with E-state index in [0.29, 0.717) is 11.3 Å². The number of carboxylic acids is 1. The molecule has 0 spiro atoms. The number of aromatic nitrogens is 1. The lowest BCUT2D eigenvalue weighted by atomic mass is 10.2. The van der Waals surface area contributed by atoms with Crippen LogP contribution in [0.15, 0.2) is 18.5 Å². The van der Waals surface area contributed by atoms with Gasteiger partial charge in [-0.1, -0.05) is 13.3 Å². The molecule has 1 rings (SSSR count). The van der Waals surface area contributed by atoms with Crippen LogP contribution in [-0.4, -0.2) is 29.1 Å². The van der Waals surface area contributed by atoms with Gasteiger partial charge < -0.3 is 10.0 Å². The highest BCUT2D eigenvalue weighted by atomic mass is 16.4. The standard InChI is InChI=1S/C12H18N2O2/c1-3-5-8-14(4-2)11-9-13-7-6-10(11)12(15)16/h6-7,9H,3-5,8H2,1-2H3,(H,15,16). The molecule has 0 bridgehead atoms. The zero-order valence-corrected chi connectivity index (χ0v) is 9.81. The Kier molecular flexibility index (Phi) is 4.76. The zero-order valence-electron chi connectivity index (χ0n) is 9.81. The lowest BCUT2D eigenvalue weighted by molar-refractivity contribution is 0.0697. The fourth-order valence-electron chi connectivity index (χ4n) is 1.62. The summed E-state index contributed by atoms with van der Waals surface area (Å²) in [5, 5.41) is 9.08. The highest BCUT2D eigenvalue weighted by Gasteiger charge is 2.14. The first-order chi connectivity index (χ1) is 7.70. The molecule has 16 heavy (non-hydrogen) atoms. The fraction of sp³-hybridized carbons (Fsp3) is 0.500. The van der Waals surface area contributed by atoms with Crippen molar-refractivity contribution in [2.45, 2.75) is 26.7 Å². The van der Waals surface area contributed by atoms with E-state index in [1.807, 2.05) is 6.92 Å². The van der Waals surface area contributed by atoms with Crippen LogP contribution in [0.4, 0.5) is 5.69 Å². The Morgan fingerprint density at radius 2 is 2.25 bits per heavy atom. The summed E-state index contributed by atoms with van der Waals surface area (Å²) >= 11 is 0. The van der Waals surface area contributed by atoms with Gasteiger partial charge in [-0.2, -0.15) is 0 Å². The molecule has 0 amide bonds. The number of pyridine rings is 1. The fourth-order valence-corrected chi connectivity index (χ4v) is 1.62. The van der Waals surface area contributed by atoms with Crippen LogP contribution in [0.25, 0.3) is 0 Å². The van der Waals surface area contributed by atoms with Crippen molar-refractivity contribution >= 4 is 11.7 Å². The predicted octanol–water partition coefficient (Wildman–Crippen LogP) is 2.41. The summed E-state index contributed by atoms with van der Waals surface area (Å²) in [4.78, 5) is 17.1. The van der Waals surface area contributed by atoms with Gasteiger partial charge in [-0.05, 0) is 19.4 Å². The molecule has 0 saturated heterocycles. The van der Waals surface area contributed by atoms with Crippen molar-refractivity contribution in [3.05, 3.63) is 24.0 Å². The topological polar surface area (TPSA) is 53.4 Å². The van der Waals surface area contributed by atoms with Crippen LogP contribution in [0.3, 0.4) is 0 Å². The number of unbranched alkanes of at least 4 members (excludes halogenated alkanes) is 1. The molecule has 88 valence electrons. The first-order valence-electron chi connectivity index (χ1n) is 5.63. The summed E-state index contributed by atoms with van der Waals surface area (Å²) in [5.41, 5.74) is 1.04. The minimum absolute atomic E-state index is 0.327. The highest BCUT2D eigenvalue weighted by molar-refractivity contribution is 5.94. The van der Waals surface area contributed by atoms with Gasteiger partial charge in [0.05, 0.1) is 17.4 Å². The van der Waals surface area contributed by atoms with Crippen LogP contribution in [0, 0.1) is 0 Å². The van der Waals surface area contributed by atoms with Crippen molar-refractivity contribution in [2.75, 3.05) is 18.0 Å². The van der Waals surface area contributed by atoms with Crippen LogP contribution in [0.1, 0.15) is 37.0 Å². The van der Waals surface area contributed by atoms with Crippen LogP contribution < -0.4 is 4.90 Å². The quantitative estimate of drug-likeness (QED) is 0.803. The molecule has 4 heteroatoms. The molecule has 1 aromatic heterocycles. The summed E-state index contributed by atoms with van der Waals surface area (Å²) in [6.45, 7) is 5.81. The summed E-state index contributed by atoms with van der Waals surface area (Å²) in [6.07, 6.45) is 5.30. The van der Waals surface area contributed by atoms with E-state index in [0.717, 1.165) is 25.9 Å². The molecule has 0 aromatic carbocycles. The molecular formula is C12H18N2O2. The molecule has 0 atom stereocenters. The predicted molar refractivity (Wildman–Crippen MR) is 64.0 cm³/mol. The van der Waals surface area contributed by atoms with Gasteiger partial charge in [0.25, 0.3) is 0 Å². The summed E-state index contributed by atoms with van der Waals surface area (Å²) in [7, 11) is 0. The van der Waals surface area contributed by atoms with E-state index >= 15 is 0 Å². The van der Waals surface area contributed by atoms with Gasteiger partial charge in [-0.25, -0.2) is 4.79 Å². The molecule has 1 aromatic rings. The largest absolute Gasteiger partial charge is 0.478 e. The number of carbonyl (C=O) groups is 1. The number of nitrogens with zero attached hydrogens (tertiary/aromatic N) is 2. The summed E-state index contributed by atoms with van der Waals surface area (Å²) in [5.74, 6) is -0.896. The van der Waals surface area contributed by atoms with Gasteiger partial charge in [-0.3, -0.25) is 4.98 Å². The van der Waals surface area contributed by atoms with Crippen molar-refractivity contribution in [2.24, 2.45) is 0 Å². The lowest BCUT2D eigenvalue weighted by Crippen LogP contribution is -2.26. The van der Waals surface area contributed by atoms with Crippen molar-refractivity contribution in [3.8, 4) is 0 Å². The Hall–Kier alpha value is -1.58. The van der Waals surface area contributed by atoms with Crippen LogP contribution in [-0.2, 0) is 0 Å². The molecule has 4 nitrogen and oxygen atoms in total. The van der Waals surface area contributed by atoms with E-state index in [4.69, 9.17) is 5.11 Å². The van der Waals surface area contributed by atoms with E-state index in [1.54, 1.807) is 12.3 Å². The molecule has 0 aliphatic heterocycles. The van der Waals surface area contributed by atoms with Gasteiger partial charge >= 0.3 is 5.97 Å². The van der Waals surface area contributed by atoms with Gasteiger partial charge in [-0.15, -0.1) is 0 Å². The zero-order chi connectivity index (χ0) is 12.0. The summed E-state index contributed by atoms with van der Waals surface area (Å²) < 4.78 is 0. The molecule has 0 fully saturated rings. The Labute approximate surface area is 95.9 Å². The molecule has 0 radical (unpaired) electrons. The average Bonchev–Trinajstić information content (AvgIpc) is 2.30. The average molecular weight is 222 g/mol. The minimum Gasteiger partial charge on any atom is -0.478 e. The molecular weight excluding hydrogens is 204 g/mol. The molecule has 0 aliphatic carbocycles. The third kappa shape index (κ3) is 2.95. The van der Waals surface area contributed by atoms with Crippen molar-refractivity contribution < 1.29 is 9.90 Å². The van der Waals surface area contributed by atoms with Crippen molar-refractivity contribution in [3.63, 3.8) is 0 Å². The summed E-state index contributed by atoms with van der Waals surface area (Å²) in [6, 6.07) is 1.55.